The molecule has 0 saturated carbocycles. The first-order chi connectivity index (χ1) is 9.80. The molecule has 21 heavy (non-hydrogen) atoms. The number of hydrogen-bond acceptors (Lipinski definition) is 2. The minimum atomic E-state index is -4.19. The molecule has 0 saturated heterocycles. The summed E-state index contributed by atoms with van der Waals surface area (Å²) in [4.78, 5) is 5.17. The molecule has 0 unspecified atom stereocenters. The van der Waals surface area contributed by atoms with Crippen LogP contribution in [-0.4, -0.2) is 43.7 Å². The van der Waals surface area contributed by atoms with Gasteiger partial charge in [-0.1, -0.05) is 19.1 Å². The summed E-state index contributed by atoms with van der Waals surface area (Å²) in [7, 11) is 1.40. The number of benzene rings is 1. The molecule has 0 fully saturated rings. The topological polar surface area (TPSA) is 53.6 Å². The molecule has 1 aromatic rings. The molecule has 0 aliphatic rings. The zero-order chi connectivity index (χ0) is 15.9. The molecule has 0 spiro atoms. The number of anilines is 1. The Hall–Kier alpha value is -1.76. The minimum Gasteiger partial charge on any atom is -0.370 e. The lowest BCUT2D eigenvalue weighted by molar-refractivity contribution is -0.142. The first-order valence-electron chi connectivity index (χ1n) is 6.71. The van der Waals surface area contributed by atoms with Crippen LogP contribution in [0.5, 0.6) is 0 Å². The highest BCUT2D eigenvalue weighted by Crippen LogP contribution is 2.15. The van der Waals surface area contributed by atoms with Gasteiger partial charge in [0.25, 0.3) is 0 Å². The van der Waals surface area contributed by atoms with Crippen LogP contribution in [0.15, 0.2) is 29.3 Å². The first-order valence-corrected chi connectivity index (χ1v) is 6.71. The van der Waals surface area contributed by atoms with Crippen molar-refractivity contribution in [1.29, 1.82) is 0 Å². The van der Waals surface area contributed by atoms with Gasteiger partial charge in [0.1, 0.15) is 0 Å². The molecule has 4 nitrogen and oxygen atoms in total. The Labute approximate surface area is 122 Å². The first kappa shape index (κ1) is 17.3. The Morgan fingerprint density at radius 2 is 1.90 bits per heavy atom. The van der Waals surface area contributed by atoms with Gasteiger partial charge in [0.05, 0.1) is 13.1 Å². The van der Waals surface area contributed by atoms with Crippen molar-refractivity contribution in [3.8, 4) is 0 Å². The Morgan fingerprint density at radius 3 is 2.43 bits per heavy atom. The number of nitrogens with zero attached hydrogens (tertiary/aromatic N) is 2. The van der Waals surface area contributed by atoms with E-state index in [-0.39, 0.29) is 19.0 Å². The zero-order valence-corrected chi connectivity index (χ0v) is 12.2. The van der Waals surface area contributed by atoms with Gasteiger partial charge in [-0.3, -0.25) is 9.89 Å². The van der Waals surface area contributed by atoms with Crippen molar-refractivity contribution in [2.24, 2.45) is 10.7 Å². The molecular weight excluding hydrogens is 281 g/mol. The standard InChI is InChI=1S/C14H21F3N4/c1-3-11-4-6-12(7-5-11)20-13(18)19-8-9-21(2)10-14(15,16)17/h4-7H,3,8-10H2,1-2H3,(H3,18,19,20). The number of guanidine groups is 1. The minimum absolute atomic E-state index is 0.191. The fourth-order valence-corrected chi connectivity index (χ4v) is 1.74. The summed E-state index contributed by atoms with van der Waals surface area (Å²) in [6.45, 7) is 1.51. The number of halogens is 3. The average molecular weight is 302 g/mol. The van der Waals surface area contributed by atoms with Crippen LogP contribution in [0, 0.1) is 0 Å². The third-order valence-electron chi connectivity index (χ3n) is 2.85. The van der Waals surface area contributed by atoms with Crippen molar-refractivity contribution in [1.82, 2.24) is 4.90 Å². The van der Waals surface area contributed by atoms with Gasteiger partial charge >= 0.3 is 6.18 Å². The predicted octanol–water partition coefficient (Wildman–Crippen LogP) is 2.47. The predicted molar refractivity (Wildman–Crippen MR) is 79.5 cm³/mol. The molecule has 0 bridgehead atoms. The number of nitrogens with one attached hydrogen (secondary N) is 1. The highest BCUT2D eigenvalue weighted by Gasteiger charge is 2.28. The van der Waals surface area contributed by atoms with Crippen LogP contribution in [0.3, 0.4) is 0 Å². The quantitative estimate of drug-likeness (QED) is 0.627. The van der Waals surface area contributed by atoms with Crippen molar-refractivity contribution < 1.29 is 13.2 Å². The molecule has 0 aliphatic heterocycles. The summed E-state index contributed by atoms with van der Waals surface area (Å²) >= 11 is 0. The molecule has 0 atom stereocenters. The van der Waals surface area contributed by atoms with Crippen LogP contribution < -0.4 is 11.1 Å². The third-order valence-corrected chi connectivity index (χ3v) is 2.85. The molecule has 0 amide bonds. The molecular formula is C14H21F3N4. The van der Waals surface area contributed by atoms with E-state index in [1.54, 1.807) is 0 Å². The number of rotatable bonds is 6. The van der Waals surface area contributed by atoms with E-state index in [1.807, 2.05) is 24.3 Å². The fourth-order valence-electron chi connectivity index (χ4n) is 1.74. The summed E-state index contributed by atoms with van der Waals surface area (Å²) in [5, 5.41) is 2.90. The summed E-state index contributed by atoms with van der Waals surface area (Å²) < 4.78 is 36.4. The van der Waals surface area contributed by atoms with E-state index in [0.29, 0.717) is 0 Å². The summed E-state index contributed by atoms with van der Waals surface area (Å²) in [5.74, 6) is 0.194. The normalized spacial score (nSPS) is 12.8. The second kappa shape index (κ2) is 7.87. The monoisotopic (exact) mass is 302 g/mol. The van der Waals surface area contributed by atoms with Crippen LogP contribution in [0.25, 0.3) is 0 Å². The summed E-state index contributed by atoms with van der Waals surface area (Å²) in [6.07, 6.45) is -3.24. The number of hydrogen-bond donors (Lipinski definition) is 2. The fraction of sp³-hybridized carbons (Fsp3) is 0.500. The number of alkyl halides is 3. The van der Waals surface area contributed by atoms with Crippen LogP contribution >= 0.6 is 0 Å². The number of nitrogens with two attached hydrogens (primary N) is 1. The lowest BCUT2D eigenvalue weighted by Gasteiger charge is -2.17. The average Bonchev–Trinajstić information content (AvgIpc) is 2.37. The smallest absolute Gasteiger partial charge is 0.370 e. The maximum absolute atomic E-state index is 12.1. The van der Waals surface area contributed by atoms with Crippen molar-refractivity contribution in [2.75, 3.05) is 32.0 Å². The highest BCUT2D eigenvalue weighted by atomic mass is 19.4. The number of likely N-dealkylation sites (N-methyl/N-ethyl adjacent to an activating group) is 1. The van der Waals surface area contributed by atoms with Gasteiger partial charge in [0, 0.05) is 12.2 Å². The summed E-state index contributed by atoms with van der Waals surface area (Å²) in [5.41, 5.74) is 7.70. The molecule has 0 aliphatic carbocycles. The molecule has 0 aromatic heterocycles. The second-order valence-corrected chi connectivity index (χ2v) is 4.80. The van der Waals surface area contributed by atoms with Gasteiger partial charge in [0.15, 0.2) is 5.96 Å². The zero-order valence-electron chi connectivity index (χ0n) is 12.2. The molecule has 3 N–H and O–H groups in total. The van der Waals surface area contributed by atoms with Crippen molar-refractivity contribution in [2.45, 2.75) is 19.5 Å². The van der Waals surface area contributed by atoms with E-state index in [0.717, 1.165) is 17.0 Å². The molecule has 1 rings (SSSR count). The van der Waals surface area contributed by atoms with E-state index in [4.69, 9.17) is 5.73 Å². The van der Waals surface area contributed by atoms with Crippen LogP contribution in [0.2, 0.25) is 0 Å². The molecule has 7 heteroatoms. The van der Waals surface area contributed by atoms with Gasteiger partial charge in [0.2, 0.25) is 0 Å². The van der Waals surface area contributed by atoms with E-state index in [9.17, 15) is 13.2 Å². The maximum Gasteiger partial charge on any atom is 0.401 e. The van der Waals surface area contributed by atoms with Crippen LogP contribution in [-0.2, 0) is 6.42 Å². The molecule has 0 radical (unpaired) electrons. The van der Waals surface area contributed by atoms with E-state index in [1.165, 1.54) is 12.6 Å². The summed E-state index contributed by atoms with van der Waals surface area (Å²) in [6, 6.07) is 7.73. The van der Waals surface area contributed by atoms with Gasteiger partial charge in [-0.2, -0.15) is 13.2 Å². The highest BCUT2D eigenvalue weighted by molar-refractivity contribution is 5.92. The maximum atomic E-state index is 12.1. The van der Waals surface area contributed by atoms with E-state index in [2.05, 4.69) is 17.2 Å². The Bertz CT molecular complexity index is 454. The largest absolute Gasteiger partial charge is 0.401 e. The number of aryl methyl sites for hydroxylation is 1. The van der Waals surface area contributed by atoms with E-state index < -0.39 is 12.7 Å². The van der Waals surface area contributed by atoms with Crippen molar-refractivity contribution >= 4 is 11.6 Å². The Kier molecular flexibility index (Phi) is 6.48. The number of aliphatic imine (C=N–C) groups is 1. The lowest BCUT2D eigenvalue weighted by atomic mass is 10.1. The van der Waals surface area contributed by atoms with Crippen molar-refractivity contribution in [3.63, 3.8) is 0 Å². The van der Waals surface area contributed by atoms with Crippen LogP contribution in [0.1, 0.15) is 12.5 Å². The van der Waals surface area contributed by atoms with Gasteiger partial charge in [-0.25, -0.2) is 0 Å². The lowest BCUT2D eigenvalue weighted by Crippen LogP contribution is -2.33. The van der Waals surface area contributed by atoms with E-state index >= 15 is 0 Å². The molecule has 1 aromatic carbocycles. The second-order valence-electron chi connectivity index (χ2n) is 4.80. The Morgan fingerprint density at radius 1 is 1.29 bits per heavy atom. The molecule has 118 valence electrons. The van der Waals surface area contributed by atoms with Crippen LogP contribution in [0.4, 0.5) is 18.9 Å². The molecule has 0 heterocycles. The SMILES string of the molecule is CCc1ccc(NC(N)=NCCN(C)CC(F)(F)F)cc1. The van der Waals surface area contributed by atoms with Gasteiger partial charge in [-0.05, 0) is 31.2 Å². The van der Waals surface area contributed by atoms with Crippen molar-refractivity contribution in [3.05, 3.63) is 29.8 Å². The van der Waals surface area contributed by atoms with Gasteiger partial charge in [-0.15, -0.1) is 0 Å². The third kappa shape index (κ3) is 7.55. The van der Waals surface area contributed by atoms with Gasteiger partial charge < -0.3 is 11.1 Å². The Balaban J connectivity index is 2.38.